The van der Waals surface area contributed by atoms with Crippen LogP contribution in [-0.4, -0.2) is 5.78 Å². The third-order valence-electron chi connectivity index (χ3n) is 2.60. The quantitative estimate of drug-likeness (QED) is 0.722. The summed E-state index contributed by atoms with van der Waals surface area (Å²) in [7, 11) is 0. The van der Waals surface area contributed by atoms with Crippen LogP contribution in [0.15, 0.2) is 36.4 Å². The molecule has 0 amide bonds. The van der Waals surface area contributed by atoms with Crippen molar-refractivity contribution in [2.75, 3.05) is 0 Å². The molecule has 0 unspecified atom stereocenters. The minimum absolute atomic E-state index is 0.0168. The Balaban J connectivity index is 2.74. The van der Waals surface area contributed by atoms with Gasteiger partial charge in [0.2, 0.25) is 0 Å². The Hall–Kier alpha value is -1.58. The number of carbonyl (C=O) groups excluding carboxylic acids is 1. The van der Waals surface area contributed by atoms with Gasteiger partial charge >= 0.3 is 6.18 Å². The van der Waals surface area contributed by atoms with Crippen LogP contribution in [0.4, 0.5) is 13.2 Å². The van der Waals surface area contributed by atoms with E-state index in [1.807, 2.05) is 6.92 Å². The fourth-order valence-electron chi connectivity index (χ4n) is 1.55. The lowest BCUT2D eigenvalue weighted by molar-refractivity contribution is -0.137. The number of halogens is 3. The number of allylic oxidation sites excluding steroid dienone is 1. The zero-order valence-electron chi connectivity index (χ0n) is 10.2. The van der Waals surface area contributed by atoms with Crippen LogP contribution in [0.2, 0.25) is 0 Å². The van der Waals surface area contributed by atoms with Gasteiger partial charge in [0.15, 0.2) is 0 Å². The van der Waals surface area contributed by atoms with Crippen molar-refractivity contribution < 1.29 is 18.0 Å². The summed E-state index contributed by atoms with van der Waals surface area (Å²) in [4.78, 5) is 11.6. The van der Waals surface area contributed by atoms with Gasteiger partial charge in [-0.3, -0.25) is 4.79 Å². The molecular formula is C14H15F3O. The first kappa shape index (κ1) is 14.5. The third kappa shape index (κ3) is 4.35. The zero-order valence-corrected chi connectivity index (χ0v) is 10.2. The highest BCUT2D eigenvalue weighted by molar-refractivity contribution is 5.83. The van der Waals surface area contributed by atoms with Gasteiger partial charge in [-0.2, -0.15) is 13.2 Å². The normalized spacial score (nSPS) is 11.3. The Morgan fingerprint density at radius 2 is 2.00 bits per heavy atom. The Bertz CT molecular complexity index is 447. The lowest BCUT2D eigenvalue weighted by Crippen LogP contribution is -2.08. The van der Waals surface area contributed by atoms with E-state index in [1.165, 1.54) is 12.1 Å². The molecule has 18 heavy (non-hydrogen) atoms. The first-order chi connectivity index (χ1) is 8.32. The number of carbonyl (C=O) groups is 1. The van der Waals surface area contributed by atoms with Crippen molar-refractivity contribution >= 4 is 5.78 Å². The first-order valence-electron chi connectivity index (χ1n) is 5.67. The summed E-state index contributed by atoms with van der Waals surface area (Å²) in [6.45, 7) is 5.60. The molecule has 4 heteroatoms. The molecule has 1 nitrogen and oxygen atoms in total. The topological polar surface area (TPSA) is 17.1 Å². The Morgan fingerprint density at radius 3 is 2.56 bits per heavy atom. The van der Waals surface area contributed by atoms with E-state index in [1.54, 1.807) is 0 Å². The standard InChI is InChI=1S/C14H15F3O/c1-3-10(2)7-13(18)9-11-5-4-6-12(8-11)14(15,16)17/h4-6,8H,2-3,7,9H2,1H3. The lowest BCUT2D eigenvalue weighted by atomic mass is 10.0. The van der Waals surface area contributed by atoms with Crippen LogP contribution in [0.3, 0.4) is 0 Å². The maximum Gasteiger partial charge on any atom is 0.416 e. The monoisotopic (exact) mass is 256 g/mol. The van der Waals surface area contributed by atoms with Crippen molar-refractivity contribution in [3.05, 3.63) is 47.5 Å². The van der Waals surface area contributed by atoms with E-state index < -0.39 is 11.7 Å². The Labute approximate surface area is 104 Å². The predicted octanol–water partition coefficient (Wildman–Crippen LogP) is 4.17. The van der Waals surface area contributed by atoms with Crippen molar-refractivity contribution in [3.8, 4) is 0 Å². The van der Waals surface area contributed by atoms with Gasteiger partial charge in [0.1, 0.15) is 5.78 Å². The fraction of sp³-hybridized carbons (Fsp3) is 0.357. The van der Waals surface area contributed by atoms with E-state index in [2.05, 4.69) is 6.58 Å². The first-order valence-corrected chi connectivity index (χ1v) is 5.67. The lowest BCUT2D eigenvalue weighted by Gasteiger charge is -2.08. The van der Waals surface area contributed by atoms with Crippen LogP contribution >= 0.6 is 0 Å². The van der Waals surface area contributed by atoms with E-state index in [0.29, 0.717) is 12.0 Å². The van der Waals surface area contributed by atoms with Crippen LogP contribution in [0.5, 0.6) is 0 Å². The van der Waals surface area contributed by atoms with Crippen molar-refractivity contribution in [2.45, 2.75) is 32.4 Å². The number of Topliss-reactive ketones (excluding diaryl/α,β-unsaturated/α-hetero) is 1. The molecule has 0 radical (unpaired) electrons. The van der Waals surface area contributed by atoms with Crippen molar-refractivity contribution in [1.82, 2.24) is 0 Å². The second-order valence-corrected chi connectivity index (χ2v) is 4.19. The summed E-state index contributed by atoms with van der Waals surface area (Å²) >= 11 is 0. The molecule has 1 rings (SSSR count). The molecule has 1 aromatic rings. The number of alkyl halides is 3. The summed E-state index contributed by atoms with van der Waals surface area (Å²) in [6.07, 6.45) is -3.42. The number of rotatable bonds is 5. The smallest absolute Gasteiger partial charge is 0.299 e. The largest absolute Gasteiger partial charge is 0.416 e. The molecule has 0 saturated carbocycles. The molecule has 0 spiro atoms. The summed E-state index contributed by atoms with van der Waals surface area (Å²) in [5.74, 6) is -0.110. The summed E-state index contributed by atoms with van der Waals surface area (Å²) in [5.41, 5.74) is 0.466. The second kappa shape index (κ2) is 5.85. The summed E-state index contributed by atoms with van der Waals surface area (Å²) in [5, 5.41) is 0. The number of hydrogen-bond acceptors (Lipinski definition) is 1. The molecule has 0 fully saturated rings. The van der Waals surface area contributed by atoms with Gasteiger partial charge in [-0.25, -0.2) is 0 Å². The molecule has 0 aromatic heterocycles. The van der Waals surface area contributed by atoms with Crippen LogP contribution in [0.1, 0.15) is 30.9 Å². The molecule has 1 aromatic carbocycles. The predicted molar refractivity (Wildman–Crippen MR) is 64.2 cm³/mol. The third-order valence-corrected chi connectivity index (χ3v) is 2.60. The second-order valence-electron chi connectivity index (χ2n) is 4.19. The van der Waals surface area contributed by atoms with E-state index in [9.17, 15) is 18.0 Å². The minimum atomic E-state index is -4.37. The average molecular weight is 256 g/mol. The highest BCUT2D eigenvalue weighted by Gasteiger charge is 2.30. The molecule has 0 aliphatic heterocycles. The SMILES string of the molecule is C=C(CC)CC(=O)Cc1cccc(C(F)(F)F)c1. The Morgan fingerprint density at radius 1 is 1.33 bits per heavy atom. The van der Waals surface area contributed by atoms with Crippen LogP contribution in [-0.2, 0) is 17.4 Å². The minimum Gasteiger partial charge on any atom is -0.299 e. The van der Waals surface area contributed by atoms with Gasteiger partial charge in [0, 0.05) is 12.8 Å². The van der Waals surface area contributed by atoms with Gasteiger partial charge in [-0.05, 0) is 18.1 Å². The van der Waals surface area contributed by atoms with Gasteiger partial charge in [-0.1, -0.05) is 37.3 Å². The van der Waals surface area contributed by atoms with Crippen LogP contribution in [0, 0.1) is 0 Å². The van der Waals surface area contributed by atoms with Crippen LogP contribution in [0.25, 0.3) is 0 Å². The summed E-state index contributed by atoms with van der Waals surface area (Å²) in [6, 6.07) is 4.87. The average Bonchev–Trinajstić information content (AvgIpc) is 2.27. The zero-order chi connectivity index (χ0) is 13.8. The highest BCUT2D eigenvalue weighted by atomic mass is 19.4. The van der Waals surface area contributed by atoms with Gasteiger partial charge in [-0.15, -0.1) is 0 Å². The molecular weight excluding hydrogens is 241 g/mol. The van der Waals surface area contributed by atoms with Crippen molar-refractivity contribution in [3.63, 3.8) is 0 Å². The van der Waals surface area contributed by atoms with Crippen molar-refractivity contribution in [1.29, 1.82) is 0 Å². The fourth-order valence-corrected chi connectivity index (χ4v) is 1.55. The van der Waals surface area contributed by atoms with Crippen molar-refractivity contribution in [2.24, 2.45) is 0 Å². The molecule has 0 aliphatic carbocycles. The van der Waals surface area contributed by atoms with Gasteiger partial charge < -0.3 is 0 Å². The van der Waals surface area contributed by atoms with Crippen LogP contribution < -0.4 is 0 Å². The van der Waals surface area contributed by atoms with Gasteiger partial charge in [0.25, 0.3) is 0 Å². The Kier molecular flexibility index (Phi) is 4.70. The maximum atomic E-state index is 12.5. The van der Waals surface area contributed by atoms with Gasteiger partial charge in [0.05, 0.1) is 5.56 Å². The maximum absolute atomic E-state index is 12.5. The number of ketones is 1. The molecule has 0 saturated heterocycles. The van der Waals surface area contributed by atoms with E-state index in [4.69, 9.17) is 0 Å². The molecule has 0 N–H and O–H groups in total. The number of benzene rings is 1. The van der Waals surface area contributed by atoms with E-state index in [0.717, 1.165) is 17.7 Å². The number of hydrogen-bond donors (Lipinski definition) is 0. The molecule has 0 aliphatic rings. The van der Waals surface area contributed by atoms with E-state index in [-0.39, 0.29) is 18.6 Å². The van der Waals surface area contributed by atoms with E-state index >= 15 is 0 Å². The summed E-state index contributed by atoms with van der Waals surface area (Å²) < 4.78 is 37.4. The molecule has 0 atom stereocenters. The molecule has 98 valence electrons. The highest BCUT2D eigenvalue weighted by Crippen LogP contribution is 2.29. The molecule has 0 bridgehead atoms. The molecule has 0 heterocycles.